The quantitative estimate of drug-likeness (QED) is 0.791. The van der Waals surface area contributed by atoms with E-state index in [1.807, 2.05) is 0 Å². The lowest BCUT2D eigenvalue weighted by molar-refractivity contribution is -0.0358. The molecule has 0 radical (unpaired) electrons. The molecular formula is C15H29NO2. The zero-order chi connectivity index (χ0) is 12.6. The van der Waals surface area contributed by atoms with Crippen LogP contribution in [0.3, 0.4) is 0 Å². The van der Waals surface area contributed by atoms with Gasteiger partial charge in [-0.15, -0.1) is 0 Å². The van der Waals surface area contributed by atoms with E-state index in [4.69, 9.17) is 9.47 Å². The van der Waals surface area contributed by atoms with Gasteiger partial charge in [-0.2, -0.15) is 0 Å². The van der Waals surface area contributed by atoms with Crippen LogP contribution in [0.5, 0.6) is 0 Å². The van der Waals surface area contributed by atoms with Crippen molar-refractivity contribution in [2.24, 2.45) is 5.92 Å². The Kier molecular flexibility index (Phi) is 6.46. The predicted molar refractivity (Wildman–Crippen MR) is 73.8 cm³/mol. The summed E-state index contributed by atoms with van der Waals surface area (Å²) in [5.41, 5.74) is 0. The lowest BCUT2D eigenvalue weighted by Crippen LogP contribution is -2.44. The lowest BCUT2D eigenvalue weighted by atomic mass is 9.92. The van der Waals surface area contributed by atoms with Gasteiger partial charge in [0.25, 0.3) is 0 Å². The van der Waals surface area contributed by atoms with Crippen LogP contribution in [-0.2, 0) is 9.47 Å². The molecule has 0 spiro atoms. The minimum atomic E-state index is 0.452. The second-order valence-corrected chi connectivity index (χ2v) is 5.77. The molecular weight excluding hydrogens is 226 g/mol. The molecule has 1 aliphatic carbocycles. The fraction of sp³-hybridized carbons (Fsp3) is 1.00. The van der Waals surface area contributed by atoms with Gasteiger partial charge in [-0.3, -0.25) is 0 Å². The Labute approximate surface area is 112 Å². The monoisotopic (exact) mass is 255 g/mol. The van der Waals surface area contributed by atoms with E-state index in [2.05, 4.69) is 12.2 Å². The van der Waals surface area contributed by atoms with Crippen molar-refractivity contribution in [2.45, 2.75) is 64.0 Å². The highest BCUT2D eigenvalue weighted by Gasteiger charge is 2.26. The molecule has 0 amide bonds. The van der Waals surface area contributed by atoms with Crippen molar-refractivity contribution >= 4 is 0 Å². The van der Waals surface area contributed by atoms with E-state index < -0.39 is 0 Å². The van der Waals surface area contributed by atoms with Crippen LogP contribution < -0.4 is 5.32 Å². The standard InChI is InChI=1S/C15H29NO2/c1-2-9-16-14-5-3-4-6-15(14)18-12-13-7-10-17-11-8-13/h13-16H,2-12H2,1H3. The molecule has 1 aliphatic heterocycles. The minimum Gasteiger partial charge on any atom is -0.381 e. The van der Waals surface area contributed by atoms with Gasteiger partial charge in [0.05, 0.1) is 12.7 Å². The Morgan fingerprint density at radius 1 is 1.11 bits per heavy atom. The predicted octanol–water partition coefficient (Wildman–Crippen LogP) is 2.74. The van der Waals surface area contributed by atoms with Gasteiger partial charge in [0, 0.05) is 19.3 Å². The van der Waals surface area contributed by atoms with E-state index >= 15 is 0 Å². The summed E-state index contributed by atoms with van der Waals surface area (Å²) in [6.45, 7) is 6.15. The van der Waals surface area contributed by atoms with E-state index in [-0.39, 0.29) is 0 Å². The second-order valence-electron chi connectivity index (χ2n) is 5.77. The van der Waals surface area contributed by atoms with Crippen LogP contribution in [0.25, 0.3) is 0 Å². The number of ether oxygens (including phenoxy) is 2. The summed E-state index contributed by atoms with van der Waals surface area (Å²) in [7, 11) is 0. The summed E-state index contributed by atoms with van der Waals surface area (Å²) in [5, 5.41) is 3.66. The molecule has 2 unspecified atom stereocenters. The molecule has 2 atom stereocenters. The van der Waals surface area contributed by atoms with E-state index in [1.165, 1.54) is 44.9 Å². The Morgan fingerprint density at radius 3 is 2.67 bits per heavy atom. The molecule has 18 heavy (non-hydrogen) atoms. The van der Waals surface area contributed by atoms with Gasteiger partial charge in [0.2, 0.25) is 0 Å². The Morgan fingerprint density at radius 2 is 1.89 bits per heavy atom. The van der Waals surface area contributed by atoms with Gasteiger partial charge in [-0.25, -0.2) is 0 Å². The second kappa shape index (κ2) is 8.13. The Balaban J connectivity index is 1.70. The van der Waals surface area contributed by atoms with E-state index in [0.717, 1.165) is 32.3 Å². The first kappa shape index (κ1) is 14.3. The van der Waals surface area contributed by atoms with Crippen LogP contribution in [-0.4, -0.2) is 38.5 Å². The van der Waals surface area contributed by atoms with Gasteiger partial charge in [0.15, 0.2) is 0 Å². The highest BCUT2D eigenvalue weighted by atomic mass is 16.5. The third-order valence-corrected chi connectivity index (χ3v) is 4.25. The highest BCUT2D eigenvalue weighted by molar-refractivity contribution is 4.82. The molecule has 0 aromatic carbocycles. The number of nitrogens with one attached hydrogen (secondary N) is 1. The molecule has 2 aliphatic rings. The SMILES string of the molecule is CCCNC1CCCCC1OCC1CCOCC1. The van der Waals surface area contributed by atoms with Gasteiger partial charge in [-0.05, 0) is 44.6 Å². The molecule has 1 heterocycles. The zero-order valence-electron chi connectivity index (χ0n) is 11.8. The normalized spacial score (nSPS) is 30.5. The van der Waals surface area contributed by atoms with Gasteiger partial charge in [0.1, 0.15) is 0 Å². The largest absolute Gasteiger partial charge is 0.381 e. The number of rotatable bonds is 6. The van der Waals surface area contributed by atoms with Crippen molar-refractivity contribution in [3.8, 4) is 0 Å². The van der Waals surface area contributed by atoms with E-state index in [0.29, 0.717) is 12.1 Å². The van der Waals surface area contributed by atoms with E-state index in [1.54, 1.807) is 0 Å². The third-order valence-electron chi connectivity index (χ3n) is 4.25. The van der Waals surface area contributed by atoms with Crippen molar-refractivity contribution in [1.29, 1.82) is 0 Å². The summed E-state index contributed by atoms with van der Waals surface area (Å²) in [4.78, 5) is 0. The fourth-order valence-corrected chi connectivity index (χ4v) is 3.03. The smallest absolute Gasteiger partial charge is 0.0728 e. The topological polar surface area (TPSA) is 30.5 Å². The summed E-state index contributed by atoms with van der Waals surface area (Å²) < 4.78 is 11.6. The molecule has 2 fully saturated rings. The fourth-order valence-electron chi connectivity index (χ4n) is 3.03. The lowest BCUT2D eigenvalue weighted by Gasteiger charge is -2.34. The average molecular weight is 255 g/mol. The first-order valence-electron chi connectivity index (χ1n) is 7.83. The highest BCUT2D eigenvalue weighted by Crippen LogP contribution is 2.23. The molecule has 0 aromatic heterocycles. The van der Waals surface area contributed by atoms with Crippen LogP contribution >= 0.6 is 0 Å². The van der Waals surface area contributed by atoms with Crippen molar-refractivity contribution in [3.05, 3.63) is 0 Å². The van der Waals surface area contributed by atoms with Crippen LogP contribution in [0.1, 0.15) is 51.9 Å². The Hall–Kier alpha value is -0.120. The van der Waals surface area contributed by atoms with Crippen molar-refractivity contribution in [3.63, 3.8) is 0 Å². The molecule has 106 valence electrons. The van der Waals surface area contributed by atoms with Crippen LogP contribution in [0.15, 0.2) is 0 Å². The van der Waals surface area contributed by atoms with Crippen molar-refractivity contribution in [1.82, 2.24) is 5.32 Å². The van der Waals surface area contributed by atoms with Gasteiger partial charge in [-0.1, -0.05) is 19.8 Å². The average Bonchev–Trinajstić information content (AvgIpc) is 2.45. The molecule has 0 aromatic rings. The van der Waals surface area contributed by atoms with Gasteiger partial charge >= 0.3 is 0 Å². The zero-order valence-corrected chi connectivity index (χ0v) is 11.8. The summed E-state index contributed by atoms with van der Waals surface area (Å²) in [6.07, 6.45) is 9.25. The molecule has 3 heteroatoms. The summed E-state index contributed by atoms with van der Waals surface area (Å²) in [5.74, 6) is 0.729. The molecule has 1 saturated carbocycles. The van der Waals surface area contributed by atoms with Crippen LogP contribution in [0, 0.1) is 5.92 Å². The maximum Gasteiger partial charge on any atom is 0.0728 e. The van der Waals surface area contributed by atoms with Crippen LogP contribution in [0.4, 0.5) is 0 Å². The number of hydrogen-bond acceptors (Lipinski definition) is 3. The molecule has 1 saturated heterocycles. The van der Waals surface area contributed by atoms with Crippen molar-refractivity contribution in [2.75, 3.05) is 26.4 Å². The third kappa shape index (κ3) is 4.52. The van der Waals surface area contributed by atoms with Crippen LogP contribution in [0.2, 0.25) is 0 Å². The van der Waals surface area contributed by atoms with Crippen molar-refractivity contribution < 1.29 is 9.47 Å². The summed E-state index contributed by atoms with van der Waals surface area (Å²) >= 11 is 0. The molecule has 1 N–H and O–H groups in total. The molecule has 0 bridgehead atoms. The number of hydrogen-bond donors (Lipinski definition) is 1. The molecule has 3 nitrogen and oxygen atoms in total. The van der Waals surface area contributed by atoms with E-state index in [9.17, 15) is 0 Å². The minimum absolute atomic E-state index is 0.452. The maximum atomic E-state index is 6.21. The Bertz CT molecular complexity index is 217. The molecule has 2 rings (SSSR count). The first-order chi connectivity index (χ1) is 8.90. The van der Waals surface area contributed by atoms with Gasteiger partial charge < -0.3 is 14.8 Å². The maximum absolute atomic E-state index is 6.21. The summed E-state index contributed by atoms with van der Waals surface area (Å²) in [6, 6.07) is 0.596. The first-order valence-corrected chi connectivity index (χ1v) is 7.83.